The van der Waals surface area contributed by atoms with Crippen molar-refractivity contribution >= 4 is 21.7 Å². The number of benzene rings is 1. The van der Waals surface area contributed by atoms with Gasteiger partial charge in [0, 0.05) is 30.9 Å². The van der Waals surface area contributed by atoms with Crippen molar-refractivity contribution < 1.29 is 17.9 Å². The second kappa shape index (κ2) is 7.65. The number of nitrogens with one attached hydrogen (secondary N) is 2. The number of amides is 2. The average molecular weight is 341 g/mol. The van der Waals surface area contributed by atoms with E-state index in [1.54, 1.807) is 36.3 Å². The van der Waals surface area contributed by atoms with Crippen LogP contribution in [0.4, 0.5) is 10.5 Å². The van der Waals surface area contributed by atoms with Gasteiger partial charge in [0.05, 0.1) is 12.9 Å². The number of hydrogen-bond donors (Lipinski definition) is 2. The van der Waals surface area contributed by atoms with Crippen LogP contribution in [0.25, 0.3) is 0 Å². The third kappa shape index (κ3) is 5.11. The number of methoxy groups -OCH3 is 1. The minimum atomic E-state index is -3.26. The molecule has 1 saturated heterocycles. The monoisotopic (exact) mass is 341 g/mol. The van der Waals surface area contributed by atoms with Crippen molar-refractivity contribution in [3.05, 3.63) is 24.3 Å². The van der Waals surface area contributed by atoms with E-state index in [0.717, 1.165) is 0 Å². The Morgan fingerprint density at radius 3 is 2.91 bits per heavy atom. The second-order valence-corrected chi connectivity index (χ2v) is 7.40. The van der Waals surface area contributed by atoms with Gasteiger partial charge in [0.25, 0.3) is 0 Å². The molecule has 0 aromatic heterocycles. The summed E-state index contributed by atoms with van der Waals surface area (Å²) in [6.07, 6.45) is 1.19. The lowest BCUT2D eigenvalue weighted by atomic mass is 10.3. The second-order valence-electron chi connectivity index (χ2n) is 5.53. The standard InChI is InChI=1S/C15H23N3O4S/c1-3-9-23(20,21)17-13-7-8-18(11-13)15(19)16-12-5-4-6-14(10-12)22-2/h4-6,10,13,17H,3,7-9,11H2,1-2H3,(H,16,19). The van der Waals surface area contributed by atoms with Crippen LogP contribution < -0.4 is 14.8 Å². The van der Waals surface area contributed by atoms with Crippen LogP contribution in [-0.2, 0) is 10.0 Å². The molecule has 0 aliphatic carbocycles. The number of rotatable bonds is 6. The van der Waals surface area contributed by atoms with Crippen molar-refractivity contribution in [1.82, 2.24) is 9.62 Å². The van der Waals surface area contributed by atoms with Gasteiger partial charge >= 0.3 is 6.03 Å². The van der Waals surface area contributed by atoms with Gasteiger partial charge in [-0.1, -0.05) is 13.0 Å². The van der Waals surface area contributed by atoms with E-state index in [1.165, 1.54) is 0 Å². The third-order valence-corrected chi connectivity index (χ3v) is 5.25. The lowest BCUT2D eigenvalue weighted by Gasteiger charge is -2.18. The molecular weight excluding hydrogens is 318 g/mol. The van der Waals surface area contributed by atoms with Gasteiger partial charge in [0.2, 0.25) is 10.0 Å². The molecule has 1 unspecified atom stereocenters. The summed E-state index contributed by atoms with van der Waals surface area (Å²) in [6, 6.07) is 6.63. The molecule has 1 atom stereocenters. The fourth-order valence-corrected chi connectivity index (χ4v) is 3.88. The van der Waals surface area contributed by atoms with Gasteiger partial charge in [-0.25, -0.2) is 17.9 Å². The van der Waals surface area contributed by atoms with E-state index in [4.69, 9.17) is 4.74 Å². The fraction of sp³-hybridized carbons (Fsp3) is 0.533. The smallest absolute Gasteiger partial charge is 0.321 e. The average Bonchev–Trinajstić information content (AvgIpc) is 2.95. The maximum Gasteiger partial charge on any atom is 0.321 e. The van der Waals surface area contributed by atoms with E-state index < -0.39 is 10.0 Å². The molecule has 23 heavy (non-hydrogen) atoms. The zero-order valence-electron chi connectivity index (χ0n) is 13.4. The molecule has 1 aliphatic heterocycles. The number of sulfonamides is 1. The number of ether oxygens (including phenoxy) is 1. The van der Waals surface area contributed by atoms with Crippen LogP contribution in [0, 0.1) is 0 Å². The van der Waals surface area contributed by atoms with Crippen molar-refractivity contribution in [1.29, 1.82) is 0 Å². The van der Waals surface area contributed by atoms with Crippen molar-refractivity contribution in [2.24, 2.45) is 0 Å². The van der Waals surface area contributed by atoms with Crippen molar-refractivity contribution in [2.75, 3.05) is 31.3 Å². The molecule has 1 aromatic carbocycles. The van der Waals surface area contributed by atoms with Crippen LogP contribution in [-0.4, -0.2) is 51.3 Å². The number of anilines is 1. The number of carbonyl (C=O) groups is 1. The van der Waals surface area contributed by atoms with Crippen LogP contribution in [0.3, 0.4) is 0 Å². The number of likely N-dealkylation sites (tertiary alicyclic amines) is 1. The van der Waals surface area contributed by atoms with E-state index in [9.17, 15) is 13.2 Å². The Hall–Kier alpha value is -1.80. The molecule has 2 amide bonds. The lowest BCUT2D eigenvalue weighted by molar-refractivity contribution is 0.221. The Bertz CT molecular complexity index is 648. The minimum Gasteiger partial charge on any atom is -0.497 e. The maximum absolute atomic E-state index is 12.2. The predicted octanol–water partition coefficient (Wildman–Crippen LogP) is 1.63. The molecular formula is C15H23N3O4S. The summed E-state index contributed by atoms with van der Waals surface area (Å²) < 4.78 is 31.3. The normalized spacial score (nSPS) is 18.0. The highest BCUT2D eigenvalue weighted by Gasteiger charge is 2.29. The van der Waals surface area contributed by atoms with Crippen LogP contribution in [0.15, 0.2) is 24.3 Å². The summed E-state index contributed by atoms with van der Waals surface area (Å²) in [5, 5.41) is 2.80. The van der Waals surface area contributed by atoms with Gasteiger partial charge in [0.1, 0.15) is 5.75 Å². The molecule has 0 spiro atoms. The van der Waals surface area contributed by atoms with Crippen molar-refractivity contribution in [3.8, 4) is 5.75 Å². The quantitative estimate of drug-likeness (QED) is 0.823. The van der Waals surface area contributed by atoms with Crippen molar-refractivity contribution in [2.45, 2.75) is 25.8 Å². The Labute approximate surface area is 137 Å². The highest BCUT2D eigenvalue weighted by Crippen LogP contribution is 2.18. The summed E-state index contributed by atoms with van der Waals surface area (Å²) in [4.78, 5) is 13.9. The van der Waals surface area contributed by atoms with Crippen LogP contribution in [0.1, 0.15) is 19.8 Å². The molecule has 7 nitrogen and oxygen atoms in total. The van der Waals surface area contributed by atoms with E-state index >= 15 is 0 Å². The predicted molar refractivity (Wildman–Crippen MR) is 89.2 cm³/mol. The molecule has 1 aliphatic rings. The van der Waals surface area contributed by atoms with Gasteiger partial charge in [-0.05, 0) is 25.0 Å². The molecule has 128 valence electrons. The molecule has 1 fully saturated rings. The van der Waals surface area contributed by atoms with Crippen LogP contribution >= 0.6 is 0 Å². The molecule has 2 N–H and O–H groups in total. The first-order valence-electron chi connectivity index (χ1n) is 7.63. The first kappa shape index (κ1) is 17.6. The van der Waals surface area contributed by atoms with Crippen molar-refractivity contribution in [3.63, 3.8) is 0 Å². The summed E-state index contributed by atoms with van der Waals surface area (Å²) >= 11 is 0. The summed E-state index contributed by atoms with van der Waals surface area (Å²) in [6.45, 7) is 2.72. The Kier molecular flexibility index (Phi) is 5.84. The van der Waals surface area contributed by atoms with E-state index in [2.05, 4.69) is 10.0 Å². The number of carbonyl (C=O) groups excluding carboxylic acids is 1. The summed E-state index contributed by atoms with van der Waals surface area (Å²) in [7, 11) is -1.69. The maximum atomic E-state index is 12.2. The summed E-state index contributed by atoms with van der Waals surface area (Å²) in [5.74, 6) is 0.772. The number of urea groups is 1. The molecule has 1 aromatic rings. The Morgan fingerprint density at radius 2 is 2.22 bits per heavy atom. The van der Waals surface area contributed by atoms with E-state index in [0.29, 0.717) is 37.4 Å². The van der Waals surface area contributed by atoms with E-state index in [-0.39, 0.29) is 17.8 Å². The number of hydrogen-bond acceptors (Lipinski definition) is 4. The van der Waals surface area contributed by atoms with Gasteiger partial charge in [-0.3, -0.25) is 0 Å². The van der Waals surface area contributed by atoms with Gasteiger partial charge in [-0.15, -0.1) is 0 Å². The zero-order valence-corrected chi connectivity index (χ0v) is 14.2. The highest BCUT2D eigenvalue weighted by atomic mass is 32.2. The van der Waals surface area contributed by atoms with Crippen LogP contribution in [0.2, 0.25) is 0 Å². The van der Waals surface area contributed by atoms with Gasteiger partial charge < -0.3 is 15.0 Å². The summed E-state index contributed by atoms with van der Waals surface area (Å²) in [5.41, 5.74) is 0.643. The molecule has 2 rings (SSSR count). The topological polar surface area (TPSA) is 87.7 Å². The minimum absolute atomic E-state index is 0.111. The molecule has 0 radical (unpaired) electrons. The van der Waals surface area contributed by atoms with Gasteiger partial charge in [-0.2, -0.15) is 0 Å². The molecule has 0 saturated carbocycles. The largest absolute Gasteiger partial charge is 0.497 e. The molecule has 8 heteroatoms. The first-order valence-corrected chi connectivity index (χ1v) is 9.28. The lowest BCUT2D eigenvalue weighted by Crippen LogP contribution is -2.40. The fourth-order valence-electron chi connectivity index (χ4n) is 2.53. The number of nitrogens with zero attached hydrogens (tertiary/aromatic N) is 1. The first-order chi connectivity index (χ1) is 10.9. The Balaban J connectivity index is 1.89. The van der Waals surface area contributed by atoms with E-state index in [1.807, 2.05) is 6.92 Å². The van der Waals surface area contributed by atoms with Gasteiger partial charge in [0.15, 0.2) is 0 Å². The zero-order chi connectivity index (χ0) is 16.9. The third-order valence-electron chi connectivity index (χ3n) is 3.62. The molecule has 0 bridgehead atoms. The highest BCUT2D eigenvalue weighted by molar-refractivity contribution is 7.89. The van der Waals surface area contributed by atoms with Crippen LogP contribution in [0.5, 0.6) is 5.75 Å². The molecule has 1 heterocycles. The SMILES string of the molecule is CCCS(=O)(=O)NC1CCN(C(=O)Nc2cccc(OC)c2)C1. The Morgan fingerprint density at radius 1 is 1.43 bits per heavy atom.